The monoisotopic (exact) mass is 280 g/mol. The van der Waals surface area contributed by atoms with Crippen LogP contribution in [0.5, 0.6) is 0 Å². The maximum Gasteiger partial charge on any atom is 0.110 e. The number of benzene rings is 1. The summed E-state index contributed by atoms with van der Waals surface area (Å²) in [7, 11) is 0. The zero-order chi connectivity index (χ0) is 14.2. The predicted octanol–water partition coefficient (Wildman–Crippen LogP) is 3.19. The molecule has 2 N–H and O–H groups in total. The van der Waals surface area contributed by atoms with Crippen LogP contribution in [-0.2, 0) is 6.54 Å². The van der Waals surface area contributed by atoms with Crippen molar-refractivity contribution in [3.05, 3.63) is 53.7 Å². The SMILES string of the molecule is Cc1cnc([C@@H]2CCN(Cc3ccc4[nH]ccc4c3)C2)[nH]1. The summed E-state index contributed by atoms with van der Waals surface area (Å²) in [5, 5.41) is 1.30. The molecule has 1 aliphatic heterocycles. The van der Waals surface area contributed by atoms with Crippen molar-refractivity contribution >= 4 is 10.9 Å². The van der Waals surface area contributed by atoms with Gasteiger partial charge in [-0.15, -0.1) is 0 Å². The topological polar surface area (TPSA) is 47.7 Å². The first-order valence-electron chi connectivity index (χ1n) is 7.58. The van der Waals surface area contributed by atoms with E-state index in [9.17, 15) is 0 Å². The first kappa shape index (κ1) is 12.7. The molecule has 1 atom stereocenters. The van der Waals surface area contributed by atoms with Gasteiger partial charge in [-0.1, -0.05) is 6.07 Å². The zero-order valence-electron chi connectivity index (χ0n) is 12.3. The lowest BCUT2D eigenvalue weighted by atomic mass is 10.1. The number of rotatable bonds is 3. The Hall–Kier alpha value is -2.07. The molecule has 0 saturated carbocycles. The minimum absolute atomic E-state index is 0.551. The number of likely N-dealkylation sites (tertiary alicyclic amines) is 1. The molecule has 2 aromatic heterocycles. The summed E-state index contributed by atoms with van der Waals surface area (Å²) in [5.74, 6) is 1.70. The van der Waals surface area contributed by atoms with E-state index in [0.29, 0.717) is 5.92 Å². The molecule has 0 unspecified atom stereocenters. The largest absolute Gasteiger partial charge is 0.361 e. The Kier molecular flexibility index (Phi) is 3.04. The van der Waals surface area contributed by atoms with Crippen LogP contribution in [0.15, 0.2) is 36.7 Å². The van der Waals surface area contributed by atoms with E-state index in [4.69, 9.17) is 0 Å². The third-order valence-electron chi connectivity index (χ3n) is 4.41. The van der Waals surface area contributed by atoms with Gasteiger partial charge < -0.3 is 9.97 Å². The number of fused-ring (bicyclic) bond motifs is 1. The second-order valence-electron chi connectivity index (χ2n) is 6.07. The molecule has 4 heteroatoms. The van der Waals surface area contributed by atoms with Crippen LogP contribution in [0.3, 0.4) is 0 Å². The Morgan fingerprint density at radius 3 is 3.14 bits per heavy atom. The standard InChI is InChI=1S/C17H20N4/c1-12-9-19-17(20-12)15-5-7-21(11-15)10-13-2-3-16-14(8-13)4-6-18-16/h2-4,6,8-9,15,18H,5,7,10-11H2,1H3,(H,19,20)/t15-/m1/s1. The van der Waals surface area contributed by atoms with Crippen molar-refractivity contribution in [1.82, 2.24) is 19.9 Å². The van der Waals surface area contributed by atoms with Gasteiger partial charge in [-0.05, 0) is 49.0 Å². The Morgan fingerprint density at radius 2 is 2.29 bits per heavy atom. The number of nitrogens with zero attached hydrogens (tertiary/aromatic N) is 2. The first-order chi connectivity index (χ1) is 10.3. The van der Waals surface area contributed by atoms with Gasteiger partial charge >= 0.3 is 0 Å². The molecular weight excluding hydrogens is 260 g/mol. The second-order valence-corrected chi connectivity index (χ2v) is 6.07. The van der Waals surface area contributed by atoms with E-state index >= 15 is 0 Å². The van der Waals surface area contributed by atoms with Crippen LogP contribution in [0.2, 0.25) is 0 Å². The van der Waals surface area contributed by atoms with Crippen LogP contribution in [0.1, 0.15) is 29.4 Å². The molecule has 0 aliphatic carbocycles. The molecular formula is C17H20N4. The van der Waals surface area contributed by atoms with Crippen molar-refractivity contribution in [2.75, 3.05) is 13.1 Å². The highest BCUT2D eigenvalue weighted by molar-refractivity contribution is 5.79. The van der Waals surface area contributed by atoms with Gasteiger partial charge in [-0.3, -0.25) is 4.90 Å². The lowest BCUT2D eigenvalue weighted by Gasteiger charge is -2.15. The van der Waals surface area contributed by atoms with Gasteiger partial charge in [0.1, 0.15) is 5.82 Å². The molecule has 4 nitrogen and oxygen atoms in total. The van der Waals surface area contributed by atoms with E-state index in [1.165, 1.54) is 22.9 Å². The van der Waals surface area contributed by atoms with Crippen molar-refractivity contribution in [2.24, 2.45) is 0 Å². The molecule has 21 heavy (non-hydrogen) atoms. The van der Waals surface area contributed by atoms with Crippen molar-refractivity contribution < 1.29 is 0 Å². The molecule has 1 saturated heterocycles. The Morgan fingerprint density at radius 1 is 1.33 bits per heavy atom. The molecule has 3 heterocycles. The number of H-pyrrole nitrogens is 2. The van der Waals surface area contributed by atoms with Gasteiger partial charge in [0, 0.05) is 42.6 Å². The van der Waals surface area contributed by atoms with E-state index in [2.05, 4.69) is 51.0 Å². The summed E-state index contributed by atoms with van der Waals surface area (Å²) < 4.78 is 0. The van der Waals surface area contributed by atoms with E-state index < -0.39 is 0 Å². The highest BCUT2D eigenvalue weighted by Crippen LogP contribution is 2.26. The van der Waals surface area contributed by atoms with Gasteiger partial charge in [0.25, 0.3) is 0 Å². The number of hydrogen-bond donors (Lipinski definition) is 2. The number of imidazole rings is 1. The average molecular weight is 280 g/mol. The number of aromatic amines is 2. The first-order valence-corrected chi connectivity index (χ1v) is 7.58. The number of hydrogen-bond acceptors (Lipinski definition) is 2. The quantitative estimate of drug-likeness (QED) is 0.774. The van der Waals surface area contributed by atoms with Crippen LogP contribution in [-0.4, -0.2) is 32.9 Å². The summed E-state index contributed by atoms with van der Waals surface area (Å²) in [5.41, 5.74) is 3.75. The average Bonchev–Trinajstić information content (AvgIpc) is 3.18. The molecule has 1 fully saturated rings. The fourth-order valence-corrected chi connectivity index (χ4v) is 3.30. The normalized spacial score (nSPS) is 19.6. The van der Waals surface area contributed by atoms with Crippen molar-refractivity contribution in [3.8, 4) is 0 Å². The second kappa shape index (κ2) is 5.04. The van der Waals surface area contributed by atoms with Crippen molar-refractivity contribution in [1.29, 1.82) is 0 Å². The third kappa shape index (κ3) is 2.47. The molecule has 0 bridgehead atoms. The fraction of sp³-hybridized carbons (Fsp3) is 0.353. The summed E-state index contributed by atoms with van der Waals surface area (Å²) in [4.78, 5) is 13.6. The van der Waals surface area contributed by atoms with Gasteiger partial charge in [0.2, 0.25) is 0 Å². The van der Waals surface area contributed by atoms with E-state index in [-0.39, 0.29) is 0 Å². The third-order valence-corrected chi connectivity index (χ3v) is 4.41. The van der Waals surface area contributed by atoms with Gasteiger partial charge in [-0.25, -0.2) is 4.98 Å². The van der Waals surface area contributed by atoms with Crippen LogP contribution in [0.4, 0.5) is 0 Å². The maximum absolute atomic E-state index is 4.49. The Labute approximate surface area is 124 Å². The Balaban J connectivity index is 1.46. The van der Waals surface area contributed by atoms with E-state index in [1.54, 1.807) is 0 Å². The Bertz CT molecular complexity index is 755. The summed E-state index contributed by atoms with van der Waals surface area (Å²) >= 11 is 0. The number of aryl methyl sites for hydroxylation is 1. The zero-order valence-corrected chi connectivity index (χ0v) is 12.3. The van der Waals surface area contributed by atoms with Crippen LogP contribution in [0.25, 0.3) is 10.9 Å². The van der Waals surface area contributed by atoms with E-state index in [1.807, 2.05) is 12.4 Å². The molecule has 1 aromatic carbocycles. The smallest absolute Gasteiger partial charge is 0.110 e. The molecule has 1 aliphatic rings. The highest BCUT2D eigenvalue weighted by Gasteiger charge is 2.25. The molecule has 108 valence electrons. The van der Waals surface area contributed by atoms with Crippen molar-refractivity contribution in [3.63, 3.8) is 0 Å². The molecule has 0 radical (unpaired) electrons. The molecule has 0 amide bonds. The lowest BCUT2D eigenvalue weighted by molar-refractivity contribution is 0.326. The highest BCUT2D eigenvalue weighted by atomic mass is 15.2. The summed E-state index contributed by atoms with van der Waals surface area (Å²) in [6.07, 6.45) is 5.12. The predicted molar refractivity (Wildman–Crippen MR) is 84.3 cm³/mol. The summed E-state index contributed by atoms with van der Waals surface area (Å²) in [6.45, 7) is 5.33. The molecule has 4 rings (SSSR count). The minimum Gasteiger partial charge on any atom is -0.361 e. The van der Waals surface area contributed by atoms with E-state index in [0.717, 1.165) is 31.2 Å². The fourth-order valence-electron chi connectivity index (χ4n) is 3.30. The molecule has 3 aromatic rings. The van der Waals surface area contributed by atoms with Crippen molar-refractivity contribution in [2.45, 2.75) is 25.8 Å². The van der Waals surface area contributed by atoms with Gasteiger partial charge in [-0.2, -0.15) is 0 Å². The van der Waals surface area contributed by atoms with Crippen LogP contribution < -0.4 is 0 Å². The number of aromatic nitrogens is 3. The van der Waals surface area contributed by atoms with Gasteiger partial charge in [0.05, 0.1) is 0 Å². The summed E-state index contributed by atoms with van der Waals surface area (Å²) in [6, 6.07) is 8.82. The lowest BCUT2D eigenvalue weighted by Crippen LogP contribution is -2.19. The van der Waals surface area contributed by atoms with Crippen LogP contribution in [0, 0.1) is 6.92 Å². The van der Waals surface area contributed by atoms with Crippen LogP contribution >= 0.6 is 0 Å². The van der Waals surface area contributed by atoms with Gasteiger partial charge in [0.15, 0.2) is 0 Å². The molecule has 0 spiro atoms. The maximum atomic E-state index is 4.49. The number of nitrogens with one attached hydrogen (secondary N) is 2. The minimum atomic E-state index is 0.551.